The van der Waals surface area contributed by atoms with Gasteiger partial charge >= 0.3 is 0 Å². The number of ether oxygens (including phenoxy) is 1. The Labute approximate surface area is 198 Å². The second kappa shape index (κ2) is 9.40. The van der Waals surface area contributed by atoms with Gasteiger partial charge in [-0.3, -0.25) is 9.69 Å². The van der Waals surface area contributed by atoms with E-state index >= 15 is 0 Å². The SMILES string of the molecule is O=C1/C(=C\c2ccc(OCc3c(F)cccc3Cl)cc2)SC(=S)N1c1ccc(Cl)cc1. The molecule has 156 valence electrons. The van der Waals surface area contributed by atoms with Gasteiger partial charge in [0.1, 0.15) is 18.2 Å². The predicted octanol–water partition coefficient (Wildman–Crippen LogP) is 7.12. The molecule has 4 rings (SSSR count). The Morgan fingerprint density at radius 1 is 1.03 bits per heavy atom. The average Bonchev–Trinajstić information content (AvgIpc) is 3.02. The molecule has 3 aromatic carbocycles. The number of benzene rings is 3. The first-order chi connectivity index (χ1) is 14.9. The molecule has 0 unspecified atom stereocenters. The van der Waals surface area contributed by atoms with E-state index in [1.165, 1.54) is 22.7 Å². The van der Waals surface area contributed by atoms with Gasteiger partial charge in [0, 0.05) is 10.6 Å². The Bertz CT molecular complexity index is 1160. The van der Waals surface area contributed by atoms with Gasteiger partial charge in [0.2, 0.25) is 0 Å². The molecule has 3 aromatic rings. The Balaban J connectivity index is 1.46. The Hall–Kier alpha value is -2.38. The summed E-state index contributed by atoms with van der Waals surface area (Å²) in [7, 11) is 0. The molecule has 0 aliphatic carbocycles. The molecule has 1 aliphatic rings. The largest absolute Gasteiger partial charge is 0.489 e. The molecule has 1 amide bonds. The van der Waals surface area contributed by atoms with Crippen LogP contribution in [-0.2, 0) is 11.4 Å². The van der Waals surface area contributed by atoms with Gasteiger partial charge in [0.25, 0.3) is 5.91 Å². The number of hydrogen-bond donors (Lipinski definition) is 0. The first kappa shape index (κ1) is 21.8. The molecule has 0 spiro atoms. The molecule has 0 atom stereocenters. The summed E-state index contributed by atoms with van der Waals surface area (Å²) in [6.45, 7) is 0.0185. The van der Waals surface area contributed by atoms with Crippen LogP contribution in [0, 0.1) is 5.82 Å². The molecular weight excluding hydrogens is 476 g/mol. The molecule has 0 aromatic heterocycles. The van der Waals surface area contributed by atoms with Gasteiger partial charge in [-0.25, -0.2) is 4.39 Å². The quantitative estimate of drug-likeness (QED) is 0.282. The summed E-state index contributed by atoms with van der Waals surface area (Å²) in [4.78, 5) is 14.8. The van der Waals surface area contributed by atoms with E-state index in [0.29, 0.717) is 36.3 Å². The van der Waals surface area contributed by atoms with Crippen LogP contribution in [0.1, 0.15) is 11.1 Å². The first-order valence-corrected chi connectivity index (χ1v) is 11.1. The highest BCUT2D eigenvalue weighted by Crippen LogP contribution is 2.36. The summed E-state index contributed by atoms with van der Waals surface area (Å²) in [6.07, 6.45) is 1.77. The molecular formula is C23H14Cl2FNO2S2. The minimum Gasteiger partial charge on any atom is -0.489 e. The number of hydrogen-bond acceptors (Lipinski definition) is 4. The number of thioether (sulfide) groups is 1. The van der Waals surface area contributed by atoms with E-state index in [4.69, 9.17) is 40.2 Å². The zero-order chi connectivity index (χ0) is 22.0. The van der Waals surface area contributed by atoms with Crippen LogP contribution in [0.2, 0.25) is 10.0 Å². The van der Waals surface area contributed by atoms with Gasteiger partial charge in [-0.2, -0.15) is 0 Å². The molecule has 1 fully saturated rings. The summed E-state index contributed by atoms with van der Waals surface area (Å²) in [6, 6.07) is 18.6. The lowest BCUT2D eigenvalue weighted by Crippen LogP contribution is -2.27. The van der Waals surface area contributed by atoms with Gasteiger partial charge in [0.15, 0.2) is 4.32 Å². The summed E-state index contributed by atoms with van der Waals surface area (Å²) < 4.78 is 20.0. The van der Waals surface area contributed by atoms with Crippen LogP contribution >= 0.6 is 47.2 Å². The average molecular weight is 490 g/mol. The number of carbonyl (C=O) groups is 1. The van der Waals surface area contributed by atoms with Crippen molar-refractivity contribution >= 4 is 69.2 Å². The predicted molar refractivity (Wildman–Crippen MR) is 129 cm³/mol. The van der Waals surface area contributed by atoms with Gasteiger partial charge in [-0.1, -0.05) is 65.4 Å². The van der Waals surface area contributed by atoms with Crippen LogP contribution < -0.4 is 9.64 Å². The molecule has 3 nitrogen and oxygen atoms in total. The van der Waals surface area contributed by atoms with Gasteiger partial charge in [-0.15, -0.1) is 0 Å². The molecule has 0 bridgehead atoms. The van der Waals surface area contributed by atoms with Crippen LogP contribution in [0.15, 0.2) is 71.6 Å². The van der Waals surface area contributed by atoms with E-state index in [1.807, 2.05) is 12.1 Å². The van der Waals surface area contributed by atoms with E-state index in [1.54, 1.807) is 54.6 Å². The smallest absolute Gasteiger partial charge is 0.270 e. The second-order valence-corrected chi connectivity index (χ2v) is 9.07. The van der Waals surface area contributed by atoms with Crippen molar-refractivity contribution in [2.24, 2.45) is 0 Å². The van der Waals surface area contributed by atoms with Crippen LogP contribution in [-0.4, -0.2) is 10.2 Å². The van der Waals surface area contributed by atoms with Crippen molar-refractivity contribution in [3.63, 3.8) is 0 Å². The maximum absolute atomic E-state index is 13.9. The Morgan fingerprint density at radius 2 is 1.74 bits per heavy atom. The first-order valence-electron chi connectivity index (χ1n) is 9.11. The van der Waals surface area contributed by atoms with Crippen LogP contribution in [0.25, 0.3) is 6.08 Å². The Kier molecular flexibility index (Phi) is 6.62. The number of thiocarbonyl (C=S) groups is 1. The van der Waals surface area contributed by atoms with Gasteiger partial charge in [-0.05, 0) is 60.2 Å². The maximum Gasteiger partial charge on any atom is 0.270 e. The summed E-state index contributed by atoms with van der Waals surface area (Å²) in [5.41, 5.74) is 1.79. The normalized spacial score (nSPS) is 15.1. The summed E-state index contributed by atoms with van der Waals surface area (Å²) in [5.74, 6) is -0.0381. The zero-order valence-electron chi connectivity index (χ0n) is 15.8. The lowest BCUT2D eigenvalue weighted by atomic mass is 10.2. The minimum atomic E-state index is -0.410. The minimum absolute atomic E-state index is 0.0185. The molecule has 0 saturated carbocycles. The van der Waals surface area contributed by atoms with E-state index < -0.39 is 5.82 Å². The second-order valence-electron chi connectivity index (χ2n) is 6.55. The number of halogens is 3. The molecule has 31 heavy (non-hydrogen) atoms. The molecule has 8 heteroatoms. The lowest BCUT2D eigenvalue weighted by Gasteiger charge is -2.14. The highest BCUT2D eigenvalue weighted by atomic mass is 35.5. The number of nitrogens with zero attached hydrogens (tertiary/aromatic N) is 1. The van der Waals surface area contributed by atoms with Crippen molar-refractivity contribution in [1.82, 2.24) is 0 Å². The third kappa shape index (κ3) is 4.93. The zero-order valence-corrected chi connectivity index (χ0v) is 19.0. The van der Waals surface area contributed by atoms with Crippen molar-refractivity contribution in [2.45, 2.75) is 6.61 Å². The molecule has 0 radical (unpaired) electrons. The third-order valence-corrected chi connectivity index (χ3v) is 6.41. The standard InChI is InChI=1S/C23H14Cl2FNO2S2/c24-15-6-8-16(9-7-15)27-22(28)21(31-23(27)30)12-14-4-10-17(11-5-14)29-13-18-19(25)2-1-3-20(18)26/h1-12H,13H2/b21-12+. The molecule has 0 N–H and O–H groups in total. The number of rotatable bonds is 5. The van der Waals surface area contributed by atoms with Gasteiger partial charge in [0.05, 0.1) is 15.6 Å². The van der Waals surface area contributed by atoms with Crippen molar-refractivity contribution < 1.29 is 13.9 Å². The third-order valence-electron chi connectivity index (χ3n) is 4.50. The van der Waals surface area contributed by atoms with Crippen LogP contribution in [0.3, 0.4) is 0 Å². The van der Waals surface area contributed by atoms with Crippen molar-refractivity contribution in [3.8, 4) is 5.75 Å². The van der Waals surface area contributed by atoms with E-state index in [9.17, 15) is 9.18 Å². The topological polar surface area (TPSA) is 29.5 Å². The number of amides is 1. The summed E-state index contributed by atoms with van der Waals surface area (Å²) in [5, 5.41) is 0.906. The van der Waals surface area contributed by atoms with Crippen LogP contribution in [0.5, 0.6) is 5.75 Å². The summed E-state index contributed by atoms with van der Waals surface area (Å²) >= 11 is 18.6. The maximum atomic E-state index is 13.9. The van der Waals surface area contributed by atoms with Crippen molar-refractivity contribution in [3.05, 3.63) is 98.6 Å². The fourth-order valence-electron chi connectivity index (χ4n) is 2.92. The fourth-order valence-corrected chi connectivity index (χ4v) is 4.56. The highest BCUT2D eigenvalue weighted by Gasteiger charge is 2.33. The van der Waals surface area contributed by atoms with E-state index in [-0.39, 0.29) is 12.5 Å². The molecule has 1 aliphatic heterocycles. The van der Waals surface area contributed by atoms with Crippen molar-refractivity contribution in [1.29, 1.82) is 0 Å². The van der Waals surface area contributed by atoms with Gasteiger partial charge < -0.3 is 4.74 Å². The van der Waals surface area contributed by atoms with E-state index in [2.05, 4.69) is 0 Å². The molecule has 1 saturated heterocycles. The lowest BCUT2D eigenvalue weighted by molar-refractivity contribution is -0.113. The fraction of sp³-hybridized carbons (Fsp3) is 0.0435. The number of anilines is 1. The van der Waals surface area contributed by atoms with Crippen molar-refractivity contribution in [2.75, 3.05) is 4.90 Å². The Morgan fingerprint density at radius 3 is 2.42 bits per heavy atom. The van der Waals surface area contributed by atoms with Crippen LogP contribution in [0.4, 0.5) is 10.1 Å². The highest BCUT2D eigenvalue weighted by molar-refractivity contribution is 8.27. The number of carbonyl (C=O) groups excluding carboxylic acids is 1. The van der Waals surface area contributed by atoms with E-state index in [0.717, 1.165) is 5.56 Å². The monoisotopic (exact) mass is 489 g/mol. The molecule has 1 heterocycles.